The third-order valence-electron chi connectivity index (χ3n) is 2.49. The highest BCUT2D eigenvalue weighted by atomic mass is 35.5. The molecule has 0 radical (unpaired) electrons. The van der Waals surface area contributed by atoms with E-state index in [0.717, 1.165) is 17.9 Å². The van der Waals surface area contributed by atoms with Gasteiger partial charge in [-0.1, -0.05) is 29.3 Å². The Labute approximate surface area is 122 Å². The molecule has 0 saturated carbocycles. The molecule has 0 aliphatic carbocycles. The van der Waals surface area contributed by atoms with E-state index in [4.69, 9.17) is 27.9 Å². The summed E-state index contributed by atoms with van der Waals surface area (Å²) in [5, 5.41) is 4.13. The van der Waals surface area contributed by atoms with Gasteiger partial charge in [-0.15, -0.1) is 0 Å². The Bertz CT molecular complexity index is 561. The molecule has 0 fully saturated rings. The Morgan fingerprint density at radius 2 is 2.11 bits per heavy atom. The molecule has 19 heavy (non-hydrogen) atoms. The molecule has 100 valence electrons. The minimum atomic E-state index is 0.347. The number of nitrogens with zero attached hydrogens (tertiary/aromatic N) is 1. The van der Waals surface area contributed by atoms with Gasteiger partial charge in [-0.3, -0.25) is 4.98 Å². The highest BCUT2D eigenvalue weighted by Crippen LogP contribution is 2.31. The zero-order valence-electron chi connectivity index (χ0n) is 10.5. The Morgan fingerprint density at radius 1 is 1.26 bits per heavy atom. The number of rotatable bonds is 5. The second-order valence-corrected chi connectivity index (χ2v) is 4.69. The molecule has 5 heteroatoms. The molecule has 0 aliphatic rings. The van der Waals surface area contributed by atoms with Gasteiger partial charge in [0.1, 0.15) is 17.4 Å². The van der Waals surface area contributed by atoms with E-state index in [2.05, 4.69) is 10.3 Å². The quantitative estimate of drug-likeness (QED) is 0.888. The Hall–Kier alpha value is -1.45. The average Bonchev–Trinajstić information content (AvgIpc) is 2.41. The third kappa shape index (κ3) is 3.75. The van der Waals surface area contributed by atoms with Gasteiger partial charge in [-0.05, 0) is 31.2 Å². The summed E-state index contributed by atoms with van der Waals surface area (Å²) >= 11 is 12.0. The van der Waals surface area contributed by atoms with Crippen molar-refractivity contribution in [2.24, 2.45) is 0 Å². The third-order valence-corrected chi connectivity index (χ3v) is 3.29. The summed E-state index contributed by atoms with van der Waals surface area (Å²) in [5.74, 6) is 0.560. The van der Waals surface area contributed by atoms with Crippen LogP contribution in [0, 0.1) is 0 Å². The van der Waals surface area contributed by atoms with Crippen molar-refractivity contribution < 1.29 is 4.74 Å². The van der Waals surface area contributed by atoms with Crippen LogP contribution in [0.15, 0.2) is 36.5 Å². The van der Waals surface area contributed by atoms with Gasteiger partial charge in [0.25, 0.3) is 0 Å². The van der Waals surface area contributed by atoms with Crippen molar-refractivity contribution in [3.05, 3.63) is 52.3 Å². The summed E-state index contributed by atoms with van der Waals surface area (Å²) in [6.07, 6.45) is 1.75. The molecule has 2 aromatic rings. The molecule has 0 unspecified atom stereocenters. The van der Waals surface area contributed by atoms with Gasteiger partial charge in [0, 0.05) is 18.4 Å². The topological polar surface area (TPSA) is 34.2 Å². The number of benzene rings is 1. The maximum atomic E-state index is 6.05. The van der Waals surface area contributed by atoms with Crippen LogP contribution < -0.4 is 10.1 Å². The van der Waals surface area contributed by atoms with Crippen molar-refractivity contribution >= 4 is 28.9 Å². The molecule has 0 amide bonds. The van der Waals surface area contributed by atoms with E-state index >= 15 is 0 Å². The zero-order chi connectivity index (χ0) is 13.7. The van der Waals surface area contributed by atoms with Crippen molar-refractivity contribution in [3.8, 4) is 5.75 Å². The normalized spacial score (nSPS) is 10.3. The summed E-state index contributed by atoms with van der Waals surface area (Å²) in [6.45, 7) is 3.26. The van der Waals surface area contributed by atoms with Gasteiger partial charge >= 0.3 is 0 Å². The summed E-state index contributed by atoms with van der Waals surface area (Å²) < 4.78 is 5.63. The zero-order valence-corrected chi connectivity index (χ0v) is 12.0. The van der Waals surface area contributed by atoms with Crippen molar-refractivity contribution in [2.45, 2.75) is 13.5 Å². The lowest BCUT2D eigenvalue weighted by Gasteiger charge is -2.09. The number of pyridine rings is 1. The number of hydrogen-bond acceptors (Lipinski definition) is 3. The Balaban J connectivity index is 2.06. The van der Waals surface area contributed by atoms with Crippen molar-refractivity contribution in [3.63, 3.8) is 0 Å². The first-order valence-electron chi connectivity index (χ1n) is 5.96. The average molecular weight is 297 g/mol. The molecule has 1 aromatic heterocycles. The molecular formula is C14H14Cl2N2O. The van der Waals surface area contributed by atoms with E-state index in [0.29, 0.717) is 22.4 Å². The molecular weight excluding hydrogens is 283 g/mol. The number of anilines is 1. The van der Waals surface area contributed by atoms with Gasteiger partial charge in [0.15, 0.2) is 0 Å². The SMILES string of the molecule is CCNc1ccnc(COc2cccc(Cl)c2Cl)c1. The van der Waals surface area contributed by atoms with Crippen LogP contribution in [0.25, 0.3) is 0 Å². The first-order valence-corrected chi connectivity index (χ1v) is 6.72. The Kier molecular flexibility index (Phi) is 4.88. The first kappa shape index (κ1) is 14.0. The summed E-state index contributed by atoms with van der Waals surface area (Å²) in [7, 11) is 0. The van der Waals surface area contributed by atoms with Crippen LogP contribution in [-0.4, -0.2) is 11.5 Å². The van der Waals surface area contributed by atoms with Crippen LogP contribution >= 0.6 is 23.2 Å². The van der Waals surface area contributed by atoms with Gasteiger partial charge in [-0.2, -0.15) is 0 Å². The lowest BCUT2D eigenvalue weighted by atomic mass is 10.3. The van der Waals surface area contributed by atoms with Gasteiger partial charge in [-0.25, -0.2) is 0 Å². The van der Waals surface area contributed by atoms with Crippen LogP contribution in [-0.2, 0) is 6.61 Å². The lowest BCUT2D eigenvalue weighted by molar-refractivity contribution is 0.301. The second kappa shape index (κ2) is 6.64. The number of hydrogen-bond donors (Lipinski definition) is 1. The standard InChI is InChI=1S/C14H14Cl2N2O/c1-2-17-10-6-7-18-11(8-10)9-19-13-5-3-4-12(15)14(13)16/h3-8H,2,9H2,1H3,(H,17,18). The van der Waals surface area contributed by atoms with E-state index in [1.807, 2.05) is 19.1 Å². The molecule has 3 nitrogen and oxygen atoms in total. The number of aromatic nitrogens is 1. The molecule has 0 atom stereocenters. The molecule has 0 spiro atoms. The predicted octanol–water partition coefficient (Wildman–Crippen LogP) is 4.40. The van der Waals surface area contributed by atoms with Crippen molar-refractivity contribution in [1.82, 2.24) is 4.98 Å². The van der Waals surface area contributed by atoms with Crippen molar-refractivity contribution in [1.29, 1.82) is 0 Å². The number of ether oxygens (including phenoxy) is 1. The number of nitrogens with one attached hydrogen (secondary N) is 1. The molecule has 0 aliphatic heterocycles. The van der Waals surface area contributed by atoms with E-state index in [1.165, 1.54) is 0 Å². The summed E-state index contributed by atoms with van der Waals surface area (Å²) in [5.41, 5.74) is 1.85. The smallest absolute Gasteiger partial charge is 0.140 e. The van der Waals surface area contributed by atoms with E-state index in [-0.39, 0.29) is 0 Å². The van der Waals surface area contributed by atoms with Crippen LogP contribution in [0.3, 0.4) is 0 Å². The van der Waals surface area contributed by atoms with Crippen LogP contribution in [0.4, 0.5) is 5.69 Å². The van der Waals surface area contributed by atoms with Gasteiger partial charge in [0.2, 0.25) is 0 Å². The number of halogens is 2. The largest absolute Gasteiger partial charge is 0.486 e. The van der Waals surface area contributed by atoms with Crippen molar-refractivity contribution in [2.75, 3.05) is 11.9 Å². The predicted molar refractivity (Wildman–Crippen MR) is 79.2 cm³/mol. The monoisotopic (exact) mass is 296 g/mol. The molecule has 2 rings (SSSR count). The molecule has 1 heterocycles. The van der Waals surface area contributed by atoms with Crippen LogP contribution in [0.1, 0.15) is 12.6 Å². The lowest BCUT2D eigenvalue weighted by Crippen LogP contribution is -2.01. The van der Waals surface area contributed by atoms with Crippen LogP contribution in [0.2, 0.25) is 10.0 Å². The Morgan fingerprint density at radius 3 is 2.89 bits per heavy atom. The van der Waals surface area contributed by atoms with E-state index in [1.54, 1.807) is 24.4 Å². The summed E-state index contributed by atoms with van der Waals surface area (Å²) in [6, 6.07) is 9.16. The highest BCUT2D eigenvalue weighted by molar-refractivity contribution is 6.42. The minimum Gasteiger partial charge on any atom is -0.486 e. The van der Waals surface area contributed by atoms with Crippen LogP contribution in [0.5, 0.6) is 5.75 Å². The fraction of sp³-hybridized carbons (Fsp3) is 0.214. The van der Waals surface area contributed by atoms with Gasteiger partial charge in [0.05, 0.1) is 10.7 Å². The fourth-order valence-electron chi connectivity index (χ4n) is 1.62. The van der Waals surface area contributed by atoms with E-state index in [9.17, 15) is 0 Å². The van der Waals surface area contributed by atoms with E-state index < -0.39 is 0 Å². The maximum Gasteiger partial charge on any atom is 0.140 e. The maximum absolute atomic E-state index is 6.05. The minimum absolute atomic E-state index is 0.347. The molecule has 1 N–H and O–H groups in total. The first-order chi connectivity index (χ1) is 9.20. The second-order valence-electron chi connectivity index (χ2n) is 3.91. The fourth-order valence-corrected chi connectivity index (χ4v) is 1.96. The highest BCUT2D eigenvalue weighted by Gasteiger charge is 2.06. The molecule has 0 bridgehead atoms. The molecule has 1 aromatic carbocycles. The summed E-state index contributed by atoms with van der Waals surface area (Å²) in [4.78, 5) is 4.25. The van der Waals surface area contributed by atoms with Gasteiger partial charge < -0.3 is 10.1 Å². The molecule has 0 saturated heterocycles.